The average molecular weight is 284 g/mol. The minimum Gasteiger partial charge on any atom is -0.360 e. The van der Waals surface area contributed by atoms with Gasteiger partial charge in [0.25, 0.3) is 0 Å². The Hall–Kier alpha value is -2.76. The van der Waals surface area contributed by atoms with Gasteiger partial charge in [0.2, 0.25) is 0 Å². The summed E-state index contributed by atoms with van der Waals surface area (Å²) in [6, 6.07) is 11.2. The van der Waals surface area contributed by atoms with E-state index in [1.165, 1.54) is 6.20 Å². The maximum atomic E-state index is 8.65. The topological polar surface area (TPSA) is 77.4 Å². The van der Waals surface area contributed by atoms with Crippen molar-refractivity contribution in [1.29, 1.82) is 10.5 Å². The Kier molecular flexibility index (Phi) is 4.39. The Morgan fingerprint density at radius 2 is 2.20 bits per heavy atom. The second kappa shape index (κ2) is 6.42. The number of allylic oxidation sites excluding steroid dienone is 1. The smallest absolute Gasteiger partial charge is 0.145 e. The molecule has 0 aliphatic carbocycles. The standard InChI is InChI=1S/C14H10ClN5/c15-13-8-19-20(10-13)9-11-2-1-3-14(4-11)18-7-12(5-16)6-17/h1-4,7-8,10,18H,9H2. The van der Waals surface area contributed by atoms with Gasteiger partial charge in [-0.3, -0.25) is 4.68 Å². The number of aromatic nitrogens is 2. The van der Waals surface area contributed by atoms with Crippen LogP contribution in [-0.4, -0.2) is 9.78 Å². The number of nitrogens with one attached hydrogen (secondary N) is 1. The van der Waals surface area contributed by atoms with Gasteiger partial charge in [-0.1, -0.05) is 23.7 Å². The van der Waals surface area contributed by atoms with Crippen molar-refractivity contribution in [3.8, 4) is 12.1 Å². The molecule has 0 spiro atoms. The molecular weight excluding hydrogens is 274 g/mol. The fraction of sp³-hybridized carbons (Fsp3) is 0.0714. The fourth-order valence-electron chi connectivity index (χ4n) is 1.62. The Bertz CT molecular complexity index is 702. The van der Waals surface area contributed by atoms with Gasteiger partial charge in [0.05, 0.1) is 17.8 Å². The monoisotopic (exact) mass is 283 g/mol. The van der Waals surface area contributed by atoms with Gasteiger partial charge in [0, 0.05) is 18.1 Å². The average Bonchev–Trinajstić information content (AvgIpc) is 2.86. The first-order valence-corrected chi connectivity index (χ1v) is 6.13. The SMILES string of the molecule is N#CC(C#N)=CNc1cccc(Cn2cc(Cl)cn2)c1. The van der Waals surface area contributed by atoms with Crippen LogP contribution in [0.15, 0.2) is 48.4 Å². The minimum absolute atomic E-state index is 0.0225. The lowest BCUT2D eigenvalue weighted by molar-refractivity contribution is 0.687. The predicted octanol–water partition coefficient (Wildman–Crippen LogP) is 2.93. The molecule has 0 bridgehead atoms. The molecular formula is C14H10ClN5. The highest BCUT2D eigenvalue weighted by atomic mass is 35.5. The molecule has 1 N–H and O–H groups in total. The summed E-state index contributed by atoms with van der Waals surface area (Å²) in [7, 11) is 0. The number of halogens is 1. The second-order valence-electron chi connectivity index (χ2n) is 3.98. The quantitative estimate of drug-likeness (QED) is 0.875. The van der Waals surface area contributed by atoms with Gasteiger partial charge in [-0.05, 0) is 17.7 Å². The van der Waals surface area contributed by atoms with E-state index in [9.17, 15) is 0 Å². The van der Waals surface area contributed by atoms with Crippen molar-refractivity contribution in [2.24, 2.45) is 0 Å². The summed E-state index contributed by atoms with van der Waals surface area (Å²) < 4.78 is 1.73. The molecule has 0 fully saturated rings. The Morgan fingerprint density at radius 1 is 1.40 bits per heavy atom. The minimum atomic E-state index is 0.0225. The van der Waals surface area contributed by atoms with Crippen LogP contribution >= 0.6 is 11.6 Å². The number of nitriles is 2. The summed E-state index contributed by atoms with van der Waals surface area (Å²) in [5.74, 6) is 0. The van der Waals surface area contributed by atoms with E-state index < -0.39 is 0 Å². The van der Waals surface area contributed by atoms with Crippen LogP contribution in [0.1, 0.15) is 5.56 Å². The van der Waals surface area contributed by atoms with E-state index in [0.29, 0.717) is 11.6 Å². The van der Waals surface area contributed by atoms with E-state index in [0.717, 1.165) is 11.3 Å². The van der Waals surface area contributed by atoms with E-state index in [-0.39, 0.29) is 5.57 Å². The van der Waals surface area contributed by atoms with Crippen LogP contribution < -0.4 is 5.32 Å². The Balaban J connectivity index is 2.11. The van der Waals surface area contributed by atoms with Crippen molar-refractivity contribution < 1.29 is 0 Å². The van der Waals surface area contributed by atoms with Crippen molar-refractivity contribution in [2.75, 3.05) is 5.32 Å². The van der Waals surface area contributed by atoms with Crippen LogP contribution in [0.4, 0.5) is 5.69 Å². The number of hydrogen-bond acceptors (Lipinski definition) is 4. The molecule has 0 unspecified atom stereocenters. The van der Waals surface area contributed by atoms with E-state index >= 15 is 0 Å². The van der Waals surface area contributed by atoms with Crippen LogP contribution in [0.2, 0.25) is 5.02 Å². The number of anilines is 1. The zero-order valence-corrected chi connectivity index (χ0v) is 11.2. The van der Waals surface area contributed by atoms with Crippen molar-refractivity contribution in [1.82, 2.24) is 9.78 Å². The summed E-state index contributed by atoms with van der Waals surface area (Å²) in [5.41, 5.74) is 1.84. The molecule has 0 radical (unpaired) electrons. The summed E-state index contributed by atoms with van der Waals surface area (Å²) >= 11 is 5.81. The van der Waals surface area contributed by atoms with E-state index in [4.69, 9.17) is 22.1 Å². The molecule has 2 rings (SSSR count). The highest BCUT2D eigenvalue weighted by Gasteiger charge is 1.99. The number of hydrogen-bond donors (Lipinski definition) is 1. The lowest BCUT2D eigenvalue weighted by Gasteiger charge is -2.05. The maximum Gasteiger partial charge on any atom is 0.145 e. The van der Waals surface area contributed by atoms with Gasteiger partial charge in [0.15, 0.2) is 0 Å². The third kappa shape index (κ3) is 3.61. The summed E-state index contributed by atoms with van der Waals surface area (Å²) in [4.78, 5) is 0. The van der Waals surface area contributed by atoms with Gasteiger partial charge < -0.3 is 5.32 Å². The molecule has 1 heterocycles. The van der Waals surface area contributed by atoms with Crippen LogP contribution in [0, 0.1) is 22.7 Å². The number of rotatable bonds is 4. The lowest BCUT2D eigenvalue weighted by atomic mass is 10.2. The van der Waals surface area contributed by atoms with Gasteiger partial charge in [-0.15, -0.1) is 0 Å². The first kappa shape index (κ1) is 13.7. The fourth-order valence-corrected chi connectivity index (χ4v) is 1.77. The zero-order chi connectivity index (χ0) is 14.4. The van der Waals surface area contributed by atoms with Crippen LogP contribution in [-0.2, 0) is 6.54 Å². The third-order valence-electron chi connectivity index (χ3n) is 2.50. The largest absolute Gasteiger partial charge is 0.360 e. The molecule has 0 saturated heterocycles. The number of benzene rings is 1. The third-order valence-corrected chi connectivity index (χ3v) is 2.69. The summed E-state index contributed by atoms with van der Waals surface area (Å²) in [6.45, 7) is 0.593. The first-order valence-electron chi connectivity index (χ1n) is 5.75. The molecule has 20 heavy (non-hydrogen) atoms. The van der Waals surface area contributed by atoms with Crippen LogP contribution in [0.5, 0.6) is 0 Å². The van der Waals surface area contributed by atoms with Crippen molar-refractivity contribution >= 4 is 17.3 Å². The molecule has 0 amide bonds. The highest BCUT2D eigenvalue weighted by Crippen LogP contribution is 2.13. The zero-order valence-electron chi connectivity index (χ0n) is 10.4. The van der Waals surface area contributed by atoms with E-state index in [1.54, 1.807) is 29.2 Å². The van der Waals surface area contributed by atoms with E-state index in [1.807, 2.05) is 24.3 Å². The molecule has 1 aromatic carbocycles. The summed E-state index contributed by atoms with van der Waals surface area (Å²) in [5, 5.41) is 24.9. The second-order valence-corrected chi connectivity index (χ2v) is 4.42. The van der Waals surface area contributed by atoms with Gasteiger partial charge in [-0.2, -0.15) is 15.6 Å². The molecule has 0 aliphatic rings. The lowest BCUT2D eigenvalue weighted by Crippen LogP contribution is -2.00. The van der Waals surface area contributed by atoms with Crippen molar-refractivity contribution in [2.45, 2.75) is 6.54 Å². The van der Waals surface area contributed by atoms with Gasteiger partial charge >= 0.3 is 0 Å². The molecule has 2 aromatic rings. The first-order chi connectivity index (χ1) is 9.71. The number of nitrogens with zero attached hydrogens (tertiary/aromatic N) is 4. The molecule has 98 valence electrons. The predicted molar refractivity (Wildman–Crippen MR) is 75.7 cm³/mol. The van der Waals surface area contributed by atoms with Crippen LogP contribution in [0.25, 0.3) is 0 Å². The normalized spacial score (nSPS) is 9.35. The van der Waals surface area contributed by atoms with E-state index in [2.05, 4.69) is 10.4 Å². The molecule has 0 saturated carbocycles. The Morgan fingerprint density at radius 3 is 2.85 bits per heavy atom. The molecule has 1 aromatic heterocycles. The maximum absolute atomic E-state index is 8.65. The van der Waals surface area contributed by atoms with Gasteiger partial charge in [-0.25, -0.2) is 0 Å². The summed E-state index contributed by atoms with van der Waals surface area (Å²) in [6.07, 6.45) is 4.70. The molecule has 5 nitrogen and oxygen atoms in total. The van der Waals surface area contributed by atoms with Gasteiger partial charge in [0.1, 0.15) is 17.7 Å². The highest BCUT2D eigenvalue weighted by molar-refractivity contribution is 6.30. The Labute approximate surface area is 121 Å². The molecule has 6 heteroatoms. The van der Waals surface area contributed by atoms with Crippen molar-refractivity contribution in [3.05, 3.63) is 59.0 Å². The molecule has 0 atom stereocenters. The van der Waals surface area contributed by atoms with Crippen molar-refractivity contribution in [3.63, 3.8) is 0 Å². The molecule has 0 aliphatic heterocycles. The van der Waals surface area contributed by atoms with Crippen LogP contribution in [0.3, 0.4) is 0 Å².